The molecular formula is C23H20ClN3O5. The van der Waals surface area contributed by atoms with Crippen molar-refractivity contribution in [2.75, 3.05) is 19.5 Å². The van der Waals surface area contributed by atoms with E-state index in [4.69, 9.17) is 25.8 Å². The van der Waals surface area contributed by atoms with E-state index in [1.165, 1.54) is 26.4 Å². The van der Waals surface area contributed by atoms with Gasteiger partial charge in [0.1, 0.15) is 22.1 Å². The average Bonchev–Trinajstić information content (AvgIpc) is 3.36. The molecule has 2 aliphatic rings. The lowest BCUT2D eigenvalue weighted by atomic mass is 9.74. The summed E-state index contributed by atoms with van der Waals surface area (Å²) >= 11 is 6.42. The summed E-state index contributed by atoms with van der Waals surface area (Å²) in [5.74, 6) is -0.688. The molecule has 0 bridgehead atoms. The topological polar surface area (TPSA) is 103 Å². The zero-order valence-electron chi connectivity index (χ0n) is 17.6. The number of H-pyrrole nitrogens is 1. The quantitative estimate of drug-likeness (QED) is 0.572. The van der Waals surface area contributed by atoms with E-state index in [2.05, 4.69) is 15.5 Å². The average molecular weight is 454 g/mol. The summed E-state index contributed by atoms with van der Waals surface area (Å²) in [6.07, 6.45) is 3.59. The van der Waals surface area contributed by atoms with Crippen LogP contribution in [-0.4, -0.2) is 41.6 Å². The summed E-state index contributed by atoms with van der Waals surface area (Å²) in [6.45, 7) is 1.81. The molecule has 1 aliphatic carbocycles. The van der Waals surface area contributed by atoms with Gasteiger partial charge in [-0.15, -0.1) is 0 Å². The van der Waals surface area contributed by atoms with E-state index in [9.17, 15) is 9.59 Å². The number of allylic oxidation sites excluding steroid dienone is 1. The van der Waals surface area contributed by atoms with Crippen LogP contribution in [0.1, 0.15) is 23.7 Å². The number of anilines is 1. The predicted molar refractivity (Wildman–Crippen MR) is 119 cm³/mol. The maximum absolute atomic E-state index is 13.5. The van der Waals surface area contributed by atoms with Gasteiger partial charge in [-0.2, -0.15) is 5.10 Å². The second-order valence-corrected chi connectivity index (χ2v) is 8.28. The number of fused-ring (bicyclic) bond motifs is 2. The molecule has 164 valence electrons. The van der Waals surface area contributed by atoms with Crippen LogP contribution in [0, 0.1) is 5.92 Å². The van der Waals surface area contributed by atoms with Crippen LogP contribution in [-0.2, 0) is 4.79 Å². The van der Waals surface area contributed by atoms with Crippen LogP contribution in [0.15, 0.2) is 42.2 Å². The monoisotopic (exact) mass is 453 g/mol. The van der Waals surface area contributed by atoms with Crippen molar-refractivity contribution in [3.63, 3.8) is 0 Å². The number of carbonyl (C=O) groups is 2. The smallest absolute Gasteiger partial charge is 0.236 e. The summed E-state index contributed by atoms with van der Waals surface area (Å²) in [4.78, 5) is 26.9. The van der Waals surface area contributed by atoms with E-state index in [-0.39, 0.29) is 22.1 Å². The number of methoxy groups -OCH3 is 2. The molecule has 1 spiro atoms. The van der Waals surface area contributed by atoms with Crippen LogP contribution in [0.3, 0.4) is 0 Å². The maximum Gasteiger partial charge on any atom is 0.236 e. The summed E-state index contributed by atoms with van der Waals surface area (Å²) in [6, 6.07) is 7.27. The van der Waals surface area contributed by atoms with E-state index in [1.807, 2.05) is 25.1 Å². The molecule has 2 heterocycles. The Morgan fingerprint density at radius 1 is 1.22 bits per heavy atom. The summed E-state index contributed by atoms with van der Waals surface area (Å²) in [7, 11) is 2.89. The highest BCUT2D eigenvalue weighted by Gasteiger charge is 2.60. The molecule has 2 aromatic carbocycles. The van der Waals surface area contributed by atoms with Crippen LogP contribution >= 0.6 is 11.6 Å². The second-order valence-electron chi connectivity index (χ2n) is 7.90. The number of ketones is 2. The van der Waals surface area contributed by atoms with Crippen molar-refractivity contribution < 1.29 is 23.8 Å². The first kappa shape index (κ1) is 20.4. The Balaban J connectivity index is 1.51. The fraction of sp³-hybridized carbons (Fsp3) is 0.261. The summed E-state index contributed by atoms with van der Waals surface area (Å²) < 4.78 is 16.7. The molecule has 3 aromatic rings. The van der Waals surface area contributed by atoms with Crippen LogP contribution in [0.4, 0.5) is 5.69 Å². The van der Waals surface area contributed by atoms with E-state index in [0.29, 0.717) is 17.9 Å². The Morgan fingerprint density at radius 2 is 2.00 bits per heavy atom. The number of nitrogens with zero attached hydrogens (tertiary/aromatic N) is 1. The van der Waals surface area contributed by atoms with E-state index >= 15 is 0 Å². The number of halogens is 1. The third kappa shape index (κ3) is 2.79. The normalized spacial score (nSPS) is 22.0. The maximum atomic E-state index is 13.5. The van der Waals surface area contributed by atoms with Crippen molar-refractivity contribution in [1.82, 2.24) is 10.2 Å². The van der Waals surface area contributed by atoms with Gasteiger partial charge in [0.15, 0.2) is 5.75 Å². The first-order valence-electron chi connectivity index (χ1n) is 10.0. The van der Waals surface area contributed by atoms with Gasteiger partial charge in [0.05, 0.1) is 25.9 Å². The molecule has 0 radical (unpaired) electrons. The second kappa shape index (κ2) is 7.27. The lowest BCUT2D eigenvalue weighted by molar-refractivity contribution is -0.129. The van der Waals surface area contributed by atoms with Crippen LogP contribution in [0.2, 0.25) is 5.02 Å². The Bertz CT molecular complexity index is 1310. The number of aromatic amines is 1. The highest BCUT2D eigenvalue weighted by Crippen LogP contribution is 2.53. The zero-order chi connectivity index (χ0) is 22.6. The van der Waals surface area contributed by atoms with Gasteiger partial charge in [-0.1, -0.05) is 18.5 Å². The van der Waals surface area contributed by atoms with Crippen molar-refractivity contribution in [2.24, 2.45) is 5.92 Å². The molecule has 2 N–H and O–H groups in total. The third-order valence-electron chi connectivity index (χ3n) is 6.06. The number of ether oxygens (including phenoxy) is 3. The highest BCUT2D eigenvalue weighted by atomic mass is 35.5. The molecule has 0 saturated heterocycles. The lowest BCUT2D eigenvalue weighted by Crippen LogP contribution is -2.55. The Labute approximate surface area is 188 Å². The molecule has 9 heteroatoms. The fourth-order valence-corrected chi connectivity index (χ4v) is 4.68. The minimum Gasteiger partial charge on any atom is -0.496 e. The number of nitrogens with one attached hydrogen (secondary N) is 2. The van der Waals surface area contributed by atoms with Crippen molar-refractivity contribution >= 4 is 39.8 Å². The molecule has 0 fully saturated rings. The number of aromatic nitrogens is 2. The largest absolute Gasteiger partial charge is 0.496 e. The molecule has 0 saturated carbocycles. The van der Waals surface area contributed by atoms with Crippen molar-refractivity contribution in [1.29, 1.82) is 0 Å². The van der Waals surface area contributed by atoms with Crippen molar-refractivity contribution in [3.8, 4) is 17.2 Å². The van der Waals surface area contributed by atoms with Crippen LogP contribution in [0.5, 0.6) is 17.2 Å². The SMILES string of the molecule is COc1cc(OC)c2c(c1Cl)OC1(C(=O)C=C(Nc3ccc4cn[nH]c4c3)CC1C)C2=O. The standard InChI is InChI=1S/C23H20ClN3O5/c1-11-6-14(26-13-5-4-12-10-25-27-15(12)7-13)8-18(28)23(11)22(29)19-16(30-2)9-17(31-3)20(24)21(19)32-23/h4-5,7-11,26H,6H2,1-3H3,(H,25,27). The third-order valence-corrected chi connectivity index (χ3v) is 6.41. The van der Waals surface area contributed by atoms with Gasteiger partial charge in [-0.3, -0.25) is 14.7 Å². The Morgan fingerprint density at radius 3 is 2.72 bits per heavy atom. The Kier molecular flexibility index (Phi) is 4.63. The zero-order valence-corrected chi connectivity index (χ0v) is 18.4. The first-order valence-corrected chi connectivity index (χ1v) is 10.4. The van der Waals surface area contributed by atoms with Gasteiger partial charge < -0.3 is 19.5 Å². The van der Waals surface area contributed by atoms with Gasteiger partial charge >= 0.3 is 0 Å². The predicted octanol–water partition coefficient (Wildman–Crippen LogP) is 4.15. The van der Waals surface area contributed by atoms with Crippen molar-refractivity contribution in [3.05, 3.63) is 52.8 Å². The molecule has 1 aromatic heterocycles. The van der Waals surface area contributed by atoms with Crippen LogP contribution in [0.25, 0.3) is 10.9 Å². The number of rotatable bonds is 4. The number of carbonyl (C=O) groups excluding carboxylic acids is 2. The van der Waals surface area contributed by atoms with Gasteiger partial charge in [0.25, 0.3) is 0 Å². The highest BCUT2D eigenvalue weighted by molar-refractivity contribution is 6.36. The first-order chi connectivity index (χ1) is 15.4. The molecule has 5 rings (SSSR count). The minimum absolute atomic E-state index is 0.113. The summed E-state index contributed by atoms with van der Waals surface area (Å²) in [5.41, 5.74) is 0.843. The van der Waals surface area contributed by atoms with Crippen LogP contribution < -0.4 is 19.5 Å². The molecular weight excluding hydrogens is 434 g/mol. The summed E-state index contributed by atoms with van der Waals surface area (Å²) in [5, 5.41) is 11.3. The molecule has 8 nitrogen and oxygen atoms in total. The lowest BCUT2D eigenvalue weighted by Gasteiger charge is -2.35. The number of hydrogen-bond acceptors (Lipinski definition) is 7. The molecule has 2 unspecified atom stereocenters. The van der Waals surface area contributed by atoms with Crippen molar-refractivity contribution in [2.45, 2.75) is 18.9 Å². The Hall–Kier alpha value is -3.52. The number of Topliss-reactive ketones (excluding diaryl/α,β-unsaturated/α-hetero) is 1. The van der Waals surface area contributed by atoms with Gasteiger partial charge in [-0.25, -0.2) is 0 Å². The minimum atomic E-state index is -1.69. The molecule has 0 amide bonds. The van der Waals surface area contributed by atoms with Gasteiger partial charge in [-0.05, 0) is 24.6 Å². The van der Waals surface area contributed by atoms with Gasteiger partial charge in [0.2, 0.25) is 17.2 Å². The fourth-order valence-electron chi connectivity index (χ4n) is 4.42. The van der Waals surface area contributed by atoms with E-state index in [0.717, 1.165) is 16.6 Å². The number of benzene rings is 2. The van der Waals surface area contributed by atoms with E-state index in [1.54, 1.807) is 6.20 Å². The molecule has 2 atom stereocenters. The number of hydrogen-bond donors (Lipinski definition) is 2. The van der Waals surface area contributed by atoms with E-state index < -0.39 is 23.1 Å². The molecule has 1 aliphatic heterocycles. The molecule has 32 heavy (non-hydrogen) atoms. The van der Waals surface area contributed by atoms with Gasteiger partial charge in [0, 0.05) is 34.8 Å².